The lowest BCUT2D eigenvalue weighted by molar-refractivity contribution is 0.491. The van der Waals surface area contributed by atoms with Crippen LogP contribution >= 0.6 is 0 Å². The summed E-state index contributed by atoms with van der Waals surface area (Å²) in [5, 5.41) is 0. The zero-order valence-electron chi connectivity index (χ0n) is 15.3. The maximum absolute atomic E-state index is 4.67. The third-order valence-corrected chi connectivity index (χ3v) is 4.91. The number of H-pyrrole nitrogens is 1. The van der Waals surface area contributed by atoms with Crippen molar-refractivity contribution in [2.45, 2.75) is 18.8 Å². The predicted octanol–water partition coefficient (Wildman–Crippen LogP) is 3.32. The highest BCUT2D eigenvalue weighted by Crippen LogP contribution is 2.29. The summed E-state index contributed by atoms with van der Waals surface area (Å²) in [6.07, 6.45) is 5.87. The molecular formula is C20H24N6. The van der Waals surface area contributed by atoms with Gasteiger partial charge in [0.25, 0.3) is 0 Å². The average molecular weight is 348 g/mol. The number of imidazole rings is 1. The van der Waals surface area contributed by atoms with Crippen LogP contribution in [0, 0.1) is 0 Å². The molecule has 3 heterocycles. The lowest BCUT2D eigenvalue weighted by Gasteiger charge is -2.33. The second-order valence-corrected chi connectivity index (χ2v) is 6.96. The third kappa shape index (κ3) is 3.40. The summed E-state index contributed by atoms with van der Waals surface area (Å²) in [6.45, 7) is 1.94. The second-order valence-electron chi connectivity index (χ2n) is 6.96. The number of nitrogens with zero attached hydrogens (tertiary/aromatic N) is 5. The topological polar surface area (TPSA) is 60.9 Å². The SMILES string of the molecule is CN(C)c1cc(N2CCCC(c3ncc(-c4ccccc4)[nH]3)C2)ncn1. The monoisotopic (exact) mass is 348 g/mol. The number of aromatic nitrogens is 4. The van der Waals surface area contributed by atoms with Crippen LogP contribution in [-0.2, 0) is 0 Å². The summed E-state index contributed by atoms with van der Waals surface area (Å²) in [5.74, 6) is 3.37. The smallest absolute Gasteiger partial charge is 0.134 e. The number of rotatable bonds is 4. The Hall–Kier alpha value is -2.89. The summed E-state index contributed by atoms with van der Waals surface area (Å²) >= 11 is 0. The van der Waals surface area contributed by atoms with Crippen molar-refractivity contribution < 1.29 is 0 Å². The first-order valence-electron chi connectivity index (χ1n) is 9.05. The first-order chi connectivity index (χ1) is 12.7. The van der Waals surface area contributed by atoms with Crippen molar-refractivity contribution in [1.29, 1.82) is 0 Å². The van der Waals surface area contributed by atoms with Crippen molar-refractivity contribution in [3.05, 3.63) is 54.7 Å². The fraction of sp³-hybridized carbons (Fsp3) is 0.350. The van der Waals surface area contributed by atoms with E-state index < -0.39 is 0 Å². The Morgan fingerprint density at radius 1 is 1.12 bits per heavy atom. The maximum atomic E-state index is 4.67. The van der Waals surface area contributed by atoms with Gasteiger partial charge in [-0.3, -0.25) is 0 Å². The molecule has 1 atom stereocenters. The van der Waals surface area contributed by atoms with E-state index in [0.717, 1.165) is 49.1 Å². The van der Waals surface area contributed by atoms with Crippen LogP contribution in [-0.4, -0.2) is 47.1 Å². The molecule has 1 aliphatic rings. The van der Waals surface area contributed by atoms with E-state index in [0.29, 0.717) is 5.92 Å². The number of piperidine rings is 1. The van der Waals surface area contributed by atoms with E-state index in [1.807, 2.05) is 31.3 Å². The van der Waals surface area contributed by atoms with Crippen molar-refractivity contribution >= 4 is 11.6 Å². The molecule has 0 bridgehead atoms. The van der Waals surface area contributed by atoms with Crippen LogP contribution in [0.15, 0.2) is 48.9 Å². The maximum Gasteiger partial charge on any atom is 0.134 e. The van der Waals surface area contributed by atoms with Gasteiger partial charge in [-0.15, -0.1) is 0 Å². The van der Waals surface area contributed by atoms with Gasteiger partial charge in [-0.2, -0.15) is 0 Å². The van der Waals surface area contributed by atoms with Crippen LogP contribution in [0.5, 0.6) is 0 Å². The van der Waals surface area contributed by atoms with Crippen LogP contribution in [0.2, 0.25) is 0 Å². The van der Waals surface area contributed by atoms with E-state index in [1.165, 1.54) is 5.56 Å². The average Bonchev–Trinajstić information content (AvgIpc) is 3.19. The minimum atomic E-state index is 0.388. The van der Waals surface area contributed by atoms with E-state index >= 15 is 0 Å². The lowest BCUT2D eigenvalue weighted by Crippen LogP contribution is -2.35. The Balaban J connectivity index is 1.52. The van der Waals surface area contributed by atoms with Crippen molar-refractivity contribution in [1.82, 2.24) is 19.9 Å². The van der Waals surface area contributed by atoms with Crippen LogP contribution in [0.1, 0.15) is 24.6 Å². The summed E-state index contributed by atoms with van der Waals surface area (Å²) < 4.78 is 0. The Morgan fingerprint density at radius 2 is 1.96 bits per heavy atom. The molecule has 0 aliphatic carbocycles. The van der Waals surface area contributed by atoms with E-state index in [9.17, 15) is 0 Å². The number of benzene rings is 1. The highest BCUT2D eigenvalue weighted by Gasteiger charge is 2.25. The normalized spacial score (nSPS) is 17.3. The standard InChI is InChI=1S/C20H24N6/c1-25(2)18-11-19(23-14-22-18)26-10-6-9-16(13-26)20-21-12-17(24-20)15-7-4-3-5-8-15/h3-5,7-8,11-12,14,16H,6,9-10,13H2,1-2H3,(H,21,24). The molecule has 6 heteroatoms. The van der Waals surface area contributed by atoms with Gasteiger partial charge in [-0.25, -0.2) is 15.0 Å². The number of aromatic amines is 1. The molecule has 0 saturated carbocycles. The molecule has 1 unspecified atom stereocenters. The largest absolute Gasteiger partial charge is 0.363 e. The minimum Gasteiger partial charge on any atom is -0.363 e. The predicted molar refractivity (Wildman–Crippen MR) is 105 cm³/mol. The molecule has 6 nitrogen and oxygen atoms in total. The number of hydrogen-bond acceptors (Lipinski definition) is 5. The van der Waals surface area contributed by atoms with Crippen molar-refractivity contribution in [3.8, 4) is 11.3 Å². The van der Waals surface area contributed by atoms with Crippen LogP contribution in [0.25, 0.3) is 11.3 Å². The van der Waals surface area contributed by atoms with E-state index in [4.69, 9.17) is 0 Å². The Kier molecular flexibility index (Phi) is 4.56. The molecule has 0 spiro atoms. The molecule has 26 heavy (non-hydrogen) atoms. The zero-order valence-corrected chi connectivity index (χ0v) is 15.3. The van der Waals surface area contributed by atoms with Crippen molar-refractivity contribution in [3.63, 3.8) is 0 Å². The first-order valence-corrected chi connectivity index (χ1v) is 9.05. The molecule has 2 aromatic heterocycles. The summed E-state index contributed by atoms with van der Waals surface area (Å²) in [6, 6.07) is 12.4. The number of anilines is 2. The molecule has 4 rings (SSSR count). The van der Waals surface area contributed by atoms with E-state index in [-0.39, 0.29) is 0 Å². The molecule has 1 fully saturated rings. The van der Waals surface area contributed by atoms with Crippen LogP contribution < -0.4 is 9.80 Å². The van der Waals surface area contributed by atoms with Gasteiger partial charge in [0, 0.05) is 39.2 Å². The van der Waals surface area contributed by atoms with Gasteiger partial charge in [0.15, 0.2) is 0 Å². The molecule has 1 saturated heterocycles. The minimum absolute atomic E-state index is 0.388. The fourth-order valence-electron chi connectivity index (χ4n) is 3.47. The summed E-state index contributed by atoms with van der Waals surface area (Å²) in [7, 11) is 4.00. The molecule has 0 radical (unpaired) electrons. The molecule has 134 valence electrons. The van der Waals surface area contributed by atoms with E-state index in [1.54, 1.807) is 6.33 Å². The van der Waals surface area contributed by atoms with Gasteiger partial charge >= 0.3 is 0 Å². The molecule has 0 amide bonds. The Morgan fingerprint density at radius 3 is 2.77 bits per heavy atom. The van der Waals surface area contributed by atoms with Gasteiger partial charge in [-0.05, 0) is 18.4 Å². The van der Waals surface area contributed by atoms with E-state index in [2.05, 4.69) is 55.2 Å². The van der Waals surface area contributed by atoms with Crippen LogP contribution in [0.4, 0.5) is 11.6 Å². The summed E-state index contributed by atoms with van der Waals surface area (Å²) in [5.41, 5.74) is 2.25. The quantitative estimate of drug-likeness (QED) is 0.784. The van der Waals surface area contributed by atoms with Crippen molar-refractivity contribution in [2.24, 2.45) is 0 Å². The Bertz CT molecular complexity index is 858. The Labute approximate surface area is 153 Å². The van der Waals surface area contributed by atoms with Gasteiger partial charge < -0.3 is 14.8 Å². The molecule has 1 aromatic carbocycles. The number of hydrogen-bond donors (Lipinski definition) is 1. The van der Waals surface area contributed by atoms with Gasteiger partial charge in [0.2, 0.25) is 0 Å². The van der Waals surface area contributed by atoms with Crippen LogP contribution in [0.3, 0.4) is 0 Å². The third-order valence-electron chi connectivity index (χ3n) is 4.91. The molecular weight excluding hydrogens is 324 g/mol. The molecule has 1 aliphatic heterocycles. The fourth-order valence-corrected chi connectivity index (χ4v) is 3.47. The highest BCUT2D eigenvalue weighted by molar-refractivity contribution is 5.58. The summed E-state index contributed by atoms with van der Waals surface area (Å²) in [4.78, 5) is 21.3. The first kappa shape index (κ1) is 16.6. The highest BCUT2D eigenvalue weighted by atomic mass is 15.2. The lowest BCUT2D eigenvalue weighted by atomic mass is 9.97. The van der Waals surface area contributed by atoms with Gasteiger partial charge in [-0.1, -0.05) is 30.3 Å². The molecule has 3 aromatic rings. The number of nitrogens with one attached hydrogen (secondary N) is 1. The van der Waals surface area contributed by atoms with Crippen molar-refractivity contribution in [2.75, 3.05) is 37.0 Å². The molecule has 1 N–H and O–H groups in total. The second kappa shape index (κ2) is 7.15. The van der Waals surface area contributed by atoms with Gasteiger partial charge in [0.05, 0.1) is 11.9 Å². The zero-order chi connectivity index (χ0) is 17.9. The van der Waals surface area contributed by atoms with Gasteiger partial charge in [0.1, 0.15) is 23.8 Å².